The molecule has 10 heteroatoms. The van der Waals surface area contributed by atoms with Crippen LogP contribution in [0.25, 0.3) is 0 Å². The van der Waals surface area contributed by atoms with Crippen molar-refractivity contribution in [2.45, 2.75) is 38.5 Å². The molecule has 1 atom stereocenters. The maximum atomic E-state index is 13.0. The van der Waals surface area contributed by atoms with Crippen LogP contribution in [-0.2, 0) is 11.3 Å². The number of carbonyl (C=O) groups excluding carboxylic acids is 2. The number of amides is 2. The average molecular weight is 490 g/mol. The molecule has 0 saturated heterocycles. The van der Waals surface area contributed by atoms with Crippen molar-refractivity contribution in [2.24, 2.45) is 5.92 Å². The second-order valence-corrected chi connectivity index (χ2v) is 8.95. The van der Waals surface area contributed by atoms with Crippen LogP contribution in [0, 0.1) is 11.7 Å². The summed E-state index contributed by atoms with van der Waals surface area (Å²) < 4.78 is 14.9. The minimum Gasteiger partial charge on any atom is -0.342 e. The van der Waals surface area contributed by atoms with Gasteiger partial charge in [-0.05, 0) is 49.2 Å². The first-order chi connectivity index (χ1) is 15.8. The van der Waals surface area contributed by atoms with Gasteiger partial charge < -0.3 is 15.2 Å². The molecule has 0 fully saturated rings. The van der Waals surface area contributed by atoms with Gasteiger partial charge in [-0.15, -0.1) is 10.2 Å². The average Bonchev–Trinajstić information content (AvgIpc) is 3.20. The fourth-order valence-corrected chi connectivity index (χ4v) is 4.22. The molecule has 174 valence electrons. The minimum absolute atomic E-state index is 0.0329. The van der Waals surface area contributed by atoms with Crippen molar-refractivity contribution in [1.29, 1.82) is 0 Å². The van der Waals surface area contributed by atoms with E-state index < -0.39 is 6.04 Å². The lowest BCUT2D eigenvalue weighted by molar-refractivity contribution is -0.113. The van der Waals surface area contributed by atoms with Crippen LogP contribution in [0.1, 0.15) is 43.0 Å². The van der Waals surface area contributed by atoms with Crippen LogP contribution in [0.3, 0.4) is 0 Å². The van der Waals surface area contributed by atoms with E-state index in [0.29, 0.717) is 33.8 Å². The molecule has 1 aromatic heterocycles. The van der Waals surface area contributed by atoms with Crippen LogP contribution in [0.2, 0.25) is 5.02 Å². The lowest BCUT2D eigenvalue weighted by Crippen LogP contribution is -2.34. The molecule has 33 heavy (non-hydrogen) atoms. The molecule has 3 rings (SSSR count). The fraction of sp³-hybridized carbons (Fsp3) is 0.304. The summed E-state index contributed by atoms with van der Waals surface area (Å²) in [5.41, 5.74) is 0.904. The quantitative estimate of drug-likeness (QED) is 0.415. The molecule has 0 aliphatic rings. The molecular weight excluding hydrogens is 465 g/mol. The largest absolute Gasteiger partial charge is 0.342 e. The van der Waals surface area contributed by atoms with Gasteiger partial charge in [0.25, 0.3) is 5.91 Å². The van der Waals surface area contributed by atoms with E-state index in [0.717, 1.165) is 0 Å². The summed E-state index contributed by atoms with van der Waals surface area (Å²) in [6.07, 6.45) is 0. The Morgan fingerprint density at radius 1 is 1.12 bits per heavy atom. The van der Waals surface area contributed by atoms with Gasteiger partial charge in [-0.1, -0.05) is 49.3 Å². The molecule has 2 aromatic carbocycles. The van der Waals surface area contributed by atoms with E-state index >= 15 is 0 Å². The molecule has 0 unspecified atom stereocenters. The highest BCUT2D eigenvalue weighted by Gasteiger charge is 2.26. The third-order valence-electron chi connectivity index (χ3n) is 4.87. The second-order valence-electron chi connectivity index (χ2n) is 7.60. The van der Waals surface area contributed by atoms with Crippen molar-refractivity contribution in [3.8, 4) is 0 Å². The number of benzene rings is 2. The predicted molar refractivity (Wildman–Crippen MR) is 128 cm³/mol. The van der Waals surface area contributed by atoms with Gasteiger partial charge in [0.05, 0.1) is 22.4 Å². The van der Waals surface area contributed by atoms with Crippen LogP contribution in [0.5, 0.6) is 0 Å². The molecule has 0 aliphatic carbocycles. The van der Waals surface area contributed by atoms with E-state index in [-0.39, 0.29) is 29.3 Å². The zero-order valence-electron chi connectivity index (χ0n) is 18.5. The Labute approximate surface area is 201 Å². The zero-order valence-corrected chi connectivity index (χ0v) is 20.1. The molecule has 0 radical (unpaired) electrons. The number of thioether (sulfide) groups is 1. The summed E-state index contributed by atoms with van der Waals surface area (Å²) in [6, 6.07) is 12.0. The number of nitrogens with zero attached hydrogens (tertiary/aromatic N) is 3. The first-order valence-electron chi connectivity index (χ1n) is 10.5. The van der Waals surface area contributed by atoms with Crippen molar-refractivity contribution >= 4 is 40.9 Å². The van der Waals surface area contributed by atoms with Gasteiger partial charge in [-0.2, -0.15) is 0 Å². The van der Waals surface area contributed by atoms with Gasteiger partial charge >= 0.3 is 0 Å². The number of halogens is 2. The highest BCUT2D eigenvalue weighted by Crippen LogP contribution is 2.26. The second kappa shape index (κ2) is 11.3. The van der Waals surface area contributed by atoms with Gasteiger partial charge in [-0.25, -0.2) is 4.39 Å². The maximum absolute atomic E-state index is 13.0. The summed E-state index contributed by atoms with van der Waals surface area (Å²) in [6.45, 7) is 6.47. The summed E-state index contributed by atoms with van der Waals surface area (Å²) in [4.78, 5) is 25.1. The monoisotopic (exact) mass is 489 g/mol. The first-order valence-corrected chi connectivity index (χ1v) is 11.8. The molecule has 0 saturated carbocycles. The Kier molecular flexibility index (Phi) is 8.46. The summed E-state index contributed by atoms with van der Waals surface area (Å²) in [5, 5.41) is 15.2. The Bertz CT molecular complexity index is 1120. The van der Waals surface area contributed by atoms with Gasteiger partial charge in [0, 0.05) is 12.2 Å². The number of aromatic nitrogens is 3. The van der Waals surface area contributed by atoms with E-state index in [1.165, 1.54) is 36.0 Å². The van der Waals surface area contributed by atoms with E-state index in [1.807, 2.05) is 25.3 Å². The maximum Gasteiger partial charge on any atom is 0.253 e. The summed E-state index contributed by atoms with van der Waals surface area (Å²) in [5.74, 6) is -0.162. The van der Waals surface area contributed by atoms with E-state index in [9.17, 15) is 14.0 Å². The van der Waals surface area contributed by atoms with Crippen LogP contribution in [0.4, 0.5) is 10.1 Å². The third kappa shape index (κ3) is 6.33. The van der Waals surface area contributed by atoms with E-state index in [1.54, 1.807) is 24.3 Å². The predicted octanol–water partition coefficient (Wildman–Crippen LogP) is 4.95. The SMILES string of the molecule is CCn1c(SCC(=O)Nc2ccc(F)cc2)nnc1[C@@H](NC(=O)c1ccccc1Cl)C(C)C. The van der Waals surface area contributed by atoms with Gasteiger partial charge in [0.15, 0.2) is 11.0 Å². The van der Waals surface area contributed by atoms with Gasteiger partial charge in [0.1, 0.15) is 5.82 Å². The molecule has 0 spiro atoms. The molecule has 1 heterocycles. The number of rotatable bonds is 9. The van der Waals surface area contributed by atoms with Gasteiger partial charge in [-0.3, -0.25) is 9.59 Å². The topological polar surface area (TPSA) is 88.9 Å². The lowest BCUT2D eigenvalue weighted by Gasteiger charge is -2.22. The molecule has 2 amide bonds. The Morgan fingerprint density at radius 3 is 2.45 bits per heavy atom. The zero-order chi connectivity index (χ0) is 24.0. The number of hydrogen-bond acceptors (Lipinski definition) is 5. The normalized spacial score (nSPS) is 11.9. The van der Waals surface area contributed by atoms with Crippen LogP contribution in [0.15, 0.2) is 53.7 Å². The van der Waals surface area contributed by atoms with Gasteiger partial charge in [0.2, 0.25) is 5.91 Å². The van der Waals surface area contributed by atoms with Crippen LogP contribution < -0.4 is 10.6 Å². The third-order valence-corrected chi connectivity index (χ3v) is 6.17. The number of hydrogen-bond donors (Lipinski definition) is 2. The molecule has 2 N–H and O–H groups in total. The standard InChI is InChI=1S/C23H25ClFN5O2S/c1-4-30-21(20(14(2)3)27-22(32)17-7-5-6-8-18(17)24)28-29-23(30)33-13-19(31)26-16-11-9-15(25)10-12-16/h5-12,14,20H,4,13H2,1-3H3,(H,26,31)(H,27,32)/t20-/m0/s1. The van der Waals surface area contributed by atoms with Crippen LogP contribution in [-0.4, -0.2) is 32.3 Å². The highest BCUT2D eigenvalue weighted by atomic mass is 35.5. The Balaban J connectivity index is 1.71. The van der Waals surface area contributed by atoms with E-state index in [4.69, 9.17) is 11.6 Å². The minimum atomic E-state index is -0.399. The lowest BCUT2D eigenvalue weighted by atomic mass is 10.0. The van der Waals surface area contributed by atoms with E-state index in [2.05, 4.69) is 20.8 Å². The number of nitrogens with one attached hydrogen (secondary N) is 2. The number of anilines is 1. The Hall–Kier alpha value is -2.91. The molecule has 0 aliphatic heterocycles. The Morgan fingerprint density at radius 2 is 1.82 bits per heavy atom. The van der Waals surface area contributed by atoms with Crippen molar-refractivity contribution in [2.75, 3.05) is 11.1 Å². The fourth-order valence-electron chi connectivity index (χ4n) is 3.19. The van der Waals surface area contributed by atoms with Crippen molar-refractivity contribution < 1.29 is 14.0 Å². The van der Waals surface area contributed by atoms with Crippen LogP contribution >= 0.6 is 23.4 Å². The molecule has 7 nitrogen and oxygen atoms in total. The molecule has 0 bridgehead atoms. The van der Waals surface area contributed by atoms with Crippen molar-refractivity contribution in [1.82, 2.24) is 20.1 Å². The molecule has 3 aromatic rings. The number of carbonyl (C=O) groups is 2. The first kappa shape index (κ1) is 24.7. The van der Waals surface area contributed by atoms with Crippen molar-refractivity contribution in [3.05, 3.63) is 70.8 Å². The van der Waals surface area contributed by atoms with Crippen molar-refractivity contribution in [3.63, 3.8) is 0 Å². The summed E-state index contributed by atoms with van der Waals surface area (Å²) >= 11 is 7.41. The summed E-state index contributed by atoms with van der Waals surface area (Å²) in [7, 11) is 0. The highest BCUT2D eigenvalue weighted by molar-refractivity contribution is 7.99. The smallest absolute Gasteiger partial charge is 0.253 e. The molecular formula is C23H25ClFN5O2S.